The van der Waals surface area contributed by atoms with Gasteiger partial charge in [-0.25, -0.2) is 0 Å². The normalized spacial score (nSPS) is 13.8. The first-order chi connectivity index (χ1) is 16.8. The summed E-state index contributed by atoms with van der Waals surface area (Å²) >= 11 is 0. The van der Waals surface area contributed by atoms with E-state index in [-0.39, 0.29) is 42.7 Å². The minimum Gasteiger partial charge on any atom is -0.504 e. The number of hydrogen-bond donors (Lipinski definition) is 4. The molecule has 36 heavy (non-hydrogen) atoms. The van der Waals surface area contributed by atoms with E-state index in [0.717, 1.165) is 10.5 Å². The summed E-state index contributed by atoms with van der Waals surface area (Å²) in [5.41, 5.74) is -0.285. The van der Waals surface area contributed by atoms with E-state index in [4.69, 9.17) is 4.74 Å². The third-order valence-corrected chi connectivity index (χ3v) is 5.89. The maximum atomic E-state index is 12.3. The zero-order chi connectivity index (χ0) is 26.9. The van der Waals surface area contributed by atoms with E-state index in [1.54, 1.807) is 6.07 Å². The Balaban J connectivity index is 1.63. The van der Waals surface area contributed by atoms with Crippen molar-refractivity contribution in [2.45, 2.75) is 70.9 Å². The Labute approximate surface area is 211 Å². The maximum absolute atomic E-state index is 12.3. The molecule has 0 radical (unpaired) electrons. The maximum Gasteiger partial charge on any atom is 0.253 e. The highest BCUT2D eigenvalue weighted by Gasteiger charge is 2.27. The van der Waals surface area contributed by atoms with Gasteiger partial charge in [0.2, 0.25) is 11.8 Å². The van der Waals surface area contributed by atoms with E-state index in [2.05, 4.69) is 10.6 Å². The number of nitrogens with zero attached hydrogens (tertiary/aromatic N) is 1. The molecule has 0 saturated heterocycles. The molecule has 4 amide bonds. The van der Waals surface area contributed by atoms with Crippen LogP contribution in [0, 0.1) is 0 Å². The lowest BCUT2D eigenvalue weighted by atomic mass is 9.99. The number of aromatic hydroxyl groups is 2. The molecule has 0 spiro atoms. The summed E-state index contributed by atoms with van der Waals surface area (Å²) in [4.78, 5) is 48.7. The number of ether oxygens (including phenoxy) is 1. The van der Waals surface area contributed by atoms with Gasteiger partial charge in [-0.1, -0.05) is 6.07 Å². The van der Waals surface area contributed by atoms with Crippen LogP contribution in [0.25, 0.3) is 0 Å². The van der Waals surface area contributed by atoms with Gasteiger partial charge < -0.3 is 25.6 Å². The van der Waals surface area contributed by atoms with Crippen molar-refractivity contribution in [2.75, 3.05) is 19.7 Å². The largest absolute Gasteiger partial charge is 0.504 e. The van der Waals surface area contributed by atoms with E-state index in [9.17, 15) is 29.4 Å². The molecule has 10 nitrogen and oxygen atoms in total. The number of benzene rings is 1. The molecule has 198 valence electrons. The molecule has 1 aliphatic heterocycles. The highest BCUT2D eigenvalue weighted by Crippen LogP contribution is 2.25. The fraction of sp³-hybridized carbons (Fsp3) is 0.538. The second-order valence-electron chi connectivity index (χ2n) is 10.1. The number of rotatable bonds is 14. The Bertz CT molecular complexity index is 983. The van der Waals surface area contributed by atoms with Crippen LogP contribution in [-0.4, -0.2) is 69.6 Å². The zero-order valence-corrected chi connectivity index (χ0v) is 21.4. The number of phenolic OH excluding ortho intramolecular Hbond substituents is 2. The van der Waals surface area contributed by atoms with Crippen molar-refractivity contribution in [1.82, 2.24) is 15.5 Å². The van der Waals surface area contributed by atoms with Crippen LogP contribution < -0.4 is 10.6 Å². The van der Waals surface area contributed by atoms with Crippen molar-refractivity contribution in [2.24, 2.45) is 0 Å². The van der Waals surface area contributed by atoms with Gasteiger partial charge in [0.15, 0.2) is 11.5 Å². The van der Waals surface area contributed by atoms with Crippen LogP contribution in [0.1, 0.15) is 58.9 Å². The van der Waals surface area contributed by atoms with Crippen molar-refractivity contribution < 1.29 is 34.1 Å². The quantitative estimate of drug-likeness (QED) is 0.224. The smallest absolute Gasteiger partial charge is 0.253 e. The van der Waals surface area contributed by atoms with Crippen LogP contribution in [0.3, 0.4) is 0 Å². The number of carbonyl (C=O) groups excluding carboxylic acids is 4. The highest BCUT2D eigenvalue weighted by molar-refractivity contribution is 6.13. The van der Waals surface area contributed by atoms with Gasteiger partial charge in [-0.2, -0.15) is 0 Å². The molecule has 2 rings (SSSR count). The van der Waals surface area contributed by atoms with E-state index < -0.39 is 23.0 Å². The van der Waals surface area contributed by atoms with Gasteiger partial charge in [-0.15, -0.1) is 0 Å². The number of carbonyl (C=O) groups is 4. The molecule has 1 aromatic carbocycles. The number of imide groups is 1. The van der Waals surface area contributed by atoms with Gasteiger partial charge in [-0.05, 0) is 64.7 Å². The molecule has 4 N–H and O–H groups in total. The molecule has 0 atom stereocenters. The van der Waals surface area contributed by atoms with E-state index in [0.29, 0.717) is 32.4 Å². The summed E-state index contributed by atoms with van der Waals surface area (Å²) in [6, 6.07) is 4.57. The van der Waals surface area contributed by atoms with E-state index in [1.165, 1.54) is 24.3 Å². The second-order valence-corrected chi connectivity index (χ2v) is 10.1. The van der Waals surface area contributed by atoms with Gasteiger partial charge in [0, 0.05) is 50.2 Å². The minimum absolute atomic E-state index is 0.0258. The zero-order valence-electron chi connectivity index (χ0n) is 21.4. The average Bonchev–Trinajstić information content (AvgIpc) is 3.10. The number of nitrogens with one attached hydrogen (secondary N) is 2. The molecule has 0 fully saturated rings. The Hall–Kier alpha value is -3.40. The lowest BCUT2D eigenvalue weighted by Crippen LogP contribution is -2.46. The third kappa shape index (κ3) is 9.69. The minimum atomic E-state index is -0.551. The fourth-order valence-corrected chi connectivity index (χ4v) is 3.60. The van der Waals surface area contributed by atoms with Gasteiger partial charge >= 0.3 is 0 Å². The van der Waals surface area contributed by atoms with Gasteiger partial charge in [0.05, 0.1) is 5.60 Å². The summed E-state index contributed by atoms with van der Waals surface area (Å²) in [5, 5.41) is 24.6. The number of hydrogen-bond acceptors (Lipinski definition) is 7. The van der Waals surface area contributed by atoms with Gasteiger partial charge in [0.1, 0.15) is 0 Å². The van der Waals surface area contributed by atoms with E-state index >= 15 is 0 Å². The van der Waals surface area contributed by atoms with Crippen molar-refractivity contribution in [3.05, 3.63) is 35.9 Å². The standard InChI is InChI=1S/C26H37N3O7/c1-25(2,28-22(33)11-15-29-23(34)7-8-24(29)35)13-16-36-26(3,4)12-9-21(32)27-14-10-18-5-6-19(30)20(31)17-18/h5-8,17,30-31H,9-16H2,1-4H3,(H,27,32)(H,28,33). The van der Waals surface area contributed by atoms with Crippen LogP contribution in [0.4, 0.5) is 0 Å². The molecule has 1 aromatic rings. The molecule has 0 aliphatic carbocycles. The van der Waals surface area contributed by atoms with Crippen molar-refractivity contribution in [1.29, 1.82) is 0 Å². The monoisotopic (exact) mass is 503 g/mol. The number of phenols is 2. The van der Waals surface area contributed by atoms with Crippen LogP contribution in [0.15, 0.2) is 30.4 Å². The molecule has 0 unspecified atom stereocenters. The molecule has 0 saturated carbocycles. The Morgan fingerprint density at radius 2 is 1.61 bits per heavy atom. The molecular formula is C26H37N3O7. The van der Waals surface area contributed by atoms with Crippen LogP contribution in [0.2, 0.25) is 0 Å². The van der Waals surface area contributed by atoms with Crippen LogP contribution in [0.5, 0.6) is 11.5 Å². The summed E-state index contributed by atoms with van der Waals surface area (Å²) in [6.45, 7) is 8.38. The van der Waals surface area contributed by atoms with Crippen LogP contribution in [-0.2, 0) is 30.3 Å². The Kier molecular flexibility index (Phi) is 10.0. The molecule has 0 bridgehead atoms. The predicted molar refractivity (Wildman–Crippen MR) is 133 cm³/mol. The summed E-state index contributed by atoms with van der Waals surface area (Å²) in [7, 11) is 0. The molecule has 0 aromatic heterocycles. The highest BCUT2D eigenvalue weighted by atomic mass is 16.5. The molecule has 10 heteroatoms. The fourth-order valence-electron chi connectivity index (χ4n) is 3.60. The van der Waals surface area contributed by atoms with Gasteiger partial charge in [0.25, 0.3) is 11.8 Å². The number of amides is 4. The Morgan fingerprint density at radius 3 is 2.25 bits per heavy atom. The van der Waals surface area contributed by atoms with E-state index in [1.807, 2.05) is 27.7 Å². The molecule has 1 heterocycles. The van der Waals surface area contributed by atoms with Crippen LogP contribution >= 0.6 is 0 Å². The first-order valence-corrected chi connectivity index (χ1v) is 12.0. The molecule has 1 aliphatic rings. The SMILES string of the molecule is CC(C)(CCOC(C)(C)CCC(=O)NCCc1ccc(O)c(O)c1)NC(=O)CCN1C(=O)C=CC1=O. The predicted octanol–water partition coefficient (Wildman–Crippen LogP) is 1.93. The van der Waals surface area contributed by atoms with Crippen molar-refractivity contribution in [3.8, 4) is 11.5 Å². The lowest BCUT2D eigenvalue weighted by Gasteiger charge is -2.30. The topological polar surface area (TPSA) is 145 Å². The average molecular weight is 504 g/mol. The van der Waals surface area contributed by atoms with Gasteiger partial charge in [-0.3, -0.25) is 24.1 Å². The van der Waals surface area contributed by atoms with Crippen molar-refractivity contribution >= 4 is 23.6 Å². The molecular weight excluding hydrogens is 466 g/mol. The summed E-state index contributed by atoms with van der Waals surface area (Å²) in [6.07, 6.45) is 4.28. The third-order valence-electron chi connectivity index (χ3n) is 5.89. The first kappa shape index (κ1) is 28.8. The first-order valence-electron chi connectivity index (χ1n) is 12.0. The Morgan fingerprint density at radius 1 is 0.944 bits per heavy atom. The van der Waals surface area contributed by atoms with Crippen molar-refractivity contribution in [3.63, 3.8) is 0 Å². The summed E-state index contributed by atoms with van der Waals surface area (Å²) < 4.78 is 5.98. The summed E-state index contributed by atoms with van der Waals surface area (Å²) in [5.74, 6) is -1.55. The lowest BCUT2D eigenvalue weighted by molar-refractivity contribution is -0.137. The second kappa shape index (κ2) is 12.5.